The molecule has 0 aliphatic rings. The Labute approximate surface area is 156 Å². The van der Waals surface area contributed by atoms with Gasteiger partial charge in [0.1, 0.15) is 0 Å². The molecule has 0 spiro atoms. The molecule has 0 aliphatic heterocycles. The van der Waals surface area contributed by atoms with Gasteiger partial charge in [-0.25, -0.2) is 4.39 Å². The maximum absolute atomic E-state index is 13.8. The van der Waals surface area contributed by atoms with Crippen LogP contribution in [0.2, 0.25) is 0 Å². The molecule has 7 heteroatoms. The van der Waals surface area contributed by atoms with Gasteiger partial charge < -0.3 is 14.2 Å². The van der Waals surface area contributed by atoms with E-state index in [9.17, 15) is 9.18 Å². The summed E-state index contributed by atoms with van der Waals surface area (Å²) in [5, 5.41) is 3.94. The minimum absolute atomic E-state index is 0.0512. The van der Waals surface area contributed by atoms with Crippen LogP contribution in [0, 0.1) is 5.82 Å². The molecule has 1 heterocycles. The van der Waals surface area contributed by atoms with Crippen molar-refractivity contribution in [2.24, 2.45) is 0 Å². The van der Waals surface area contributed by atoms with Crippen LogP contribution in [0.25, 0.3) is 11.4 Å². The average molecular weight is 369 g/mol. The lowest BCUT2D eigenvalue weighted by Gasteiger charge is -2.22. The van der Waals surface area contributed by atoms with Gasteiger partial charge in [0.2, 0.25) is 11.7 Å². The Morgan fingerprint density at radius 2 is 1.89 bits per heavy atom. The molecule has 1 aromatic heterocycles. The third-order valence-corrected chi connectivity index (χ3v) is 4.00. The van der Waals surface area contributed by atoms with Gasteiger partial charge in [0.25, 0.3) is 5.91 Å². The van der Waals surface area contributed by atoms with E-state index in [1.807, 2.05) is 30.3 Å². The maximum Gasteiger partial charge on any atom is 0.263 e. The van der Waals surface area contributed by atoms with E-state index < -0.39 is 11.9 Å². The smallest absolute Gasteiger partial charge is 0.263 e. The van der Waals surface area contributed by atoms with Crippen LogP contribution in [0.3, 0.4) is 0 Å². The third-order valence-electron chi connectivity index (χ3n) is 4.00. The summed E-state index contributed by atoms with van der Waals surface area (Å²) < 4.78 is 24.6. The quantitative estimate of drug-likeness (QED) is 0.635. The molecule has 0 N–H and O–H groups in total. The van der Waals surface area contributed by atoms with Crippen LogP contribution in [0.15, 0.2) is 59.1 Å². The standard InChI is InChI=1S/C20H20FN3O3/c1-3-16(26-17-12-8-7-11-15(17)21)20(25)24(2)13-18-22-19(23-27-18)14-9-5-4-6-10-14/h4-12,16H,3,13H2,1-2H3/t16-/m1/s1. The second-order valence-corrected chi connectivity index (χ2v) is 6.02. The molecule has 0 saturated carbocycles. The van der Waals surface area contributed by atoms with Crippen LogP contribution < -0.4 is 4.74 Å². The average Bonchev–Trinajstić information content (AvgIpc) is 3.16. The van der Waals surface area contributed by atoms with Gasteiger partial charge in [0.05, 0.1) is 6.54 Å². The van der Waals surface area contributed by atoms with Crippen molar-refractivity contribution in [2.45, 2.75) is 26.0 Å². The summed E-state index contributed by atoms with van der Waals surface area (Å²) in [4.78, 5) is 18.4. The molecule has 3 aromatic rings. The number of carbonyl (C=O) groups excluding carboxylic acids is 1. The third kappa shape index (κ3) is 4.49. The number of benzene rings is 2. The lowest BCUT2D eigenvalue weighted by Crippen LogP contribution is -2.39. The van der Waals surface area contributed by atoms with Crippen LogP contribution in [-0.2, 0) is 11.3 Å². The topological polar surface area (TPSA) is 68.5 Å². The summed E-state index contributed by atoms with van der Waals surface area (Å²) in [6.07, 6.45) is -0.403. The van der Waals surface area contributed by atoms with Crippen LogP contribution in [0.1, 0.15) is 19.2 Å². The number of halogens is 1. The molecule has 140 valence electrons. The summed E-state index contributed by atoms with van der Waals surface area (Å²) in [6, 6.07) is 15.4. The Morgan fingerprint density at radius 3 is 2.59 bits per heavy atom. The van der Waals surface area contributed by atoms with Crippen molar-refractivity contribution >= 4 is 5.91 Å². The predicted molar refractivity (Wildman–Crippen MR) is 97.3 cm³/mol. The maximum atomic E-state index is 13.8. The minimum atomic E-state index is -0.802. The number of carbonyl (C=O) groups is 1. The van der Waals surface area contributed by atoms with E-state index in [-0.39, 0.29) is 18.2 Å². The second-order valence-electron chi connectivity index (χ2n) is 6.02. The van der Waals surface area contributed by atoms with Gasteiger partial charge in [0, 0.05) is 12.6 Å². The molecule has 1 atom stereocenters. The van der Waals surface area contributed by atoms with E-state index in [1.54, 1.807) is 26.1 Å². The lowest BCUT2D eigenvalue weighted by atomic mass is 10.2. The summed E-state index contributed by atoms with van der Waals surface area (Å²) in [7, 11) is 1.61. The number of rotatable bonds is 7. The van der Waals surface area contributed by atoms with Crippen LogP contribution in [0.4, 0.5) is 4.39 Å². The van der Waals surface area contributed by atoms with Crippen molar-refractivity contribution in [1.29, 1.82) is 0 Å². The number of ether oxygens (including phenoxy) is 1. The summed E-state index contributed by atoms with van der Waals surface area (Å²) in [5.41, 5.74) is 0.829. The zero-order valence-electron chi connectivity index (χ0n) is 15.1. The van der Waals surface area contributed by atoms with E-state index >= 15 is 0 Å². The molecule has 0 saturated heterocycles. The highest BCUT2D eigenvalue weighted by molar-refractivity contribution is 5.80. The fraction of sp³-hybridized carbons (Fsp3) is 0.250. The SMILES string of the molecule is CC[C@@H](Oc1ccccc1F)C(=O)N(C)Cc1nc(-c2ccccc2)no1. The van der Waals surface area contributed by atoms with Gasteiger partial charge in [-0.3, -0.25) is 4.79 Å². The van der Waals surface area contributed by atoms with Gasteiger partial charge in [-0.15, -0.1) is 0 Å². The number of hydrogen-bond acceptors (Lipinski definition) is 5. The van der Waals surface area contributed by atoms with Crippen LogP contribution in [-0.4, -0.2) is 34.1 Å². The molecule has 1 amide bonds. The number of hydrogen-bond donors (Lipinski definition) is 0. The molecule has 27 heavy (non-hydrogen) atoms. The fourth-order valence-electron chi connectivity index (χ4n) is 2.55. The van der Waals surface area contributed by atoms with Gasteiger partial charge >= 0.3 is 0 Å². The molecule has 3 rings (SSSR count). The lowest BCUT2D eigenvalue weighted by molar-refractivity contribution is -0.138. The van der Waals surface area contributed by atoms with Crippen molar-refractivity contribution < 1.29 is 18.4 Å². The number of aromatic nitrogens is 2. The van der Waals surface area contributed by atoms with Crippen molar-refractivity contribution in [3.05, 3.63) is 66.3 Å². The monoisotopic (exact) mass is 369 g/mol. The van der Waals surface area contributed by atoms with Gasteiger partial charge in [0.15, 0.2) is 17.7 Å². The normalized spacial score (nSPS) is 11.8. The molecule has 0 bridgehead atoms. The Morgan fingerprint density at radius 1 is 1.19 bits per heavy atom. The first kappa shape index (κ1) is 18.6. The first-order chi connectivity index (χ1) is 13.1. The number of amides is 1. The van der Waals surface area contributed by atoms with Crippen molar-refractivity contribution in [3.8, 4) is 17.1 Å². The largest absolute Gasteiger partial charge is 0.478 e. The highest BCUT2D eigenvalue weighted by Gasteiger charge is 2.24. The molecule has 0 aliphatic carbocycles. The van der Waals surface area contributed by atoms with Crippen molar-refractivity contribution in [3.63, 3.8) is 0 Å². The number of nitrogens with zero attached hydrogens (tertiary/aromatic N) is 3. The van der Waals surface area contributed by atoms with Crippen LogP contribution in [0.5, 0.6) is 5.75 Å². The molecular formula is C20H20FN3O3. The molecule has 2 aromatic carbocycles. The van der Waals surface area contributed by atoms with Gasteiger partial charge in [-0.1, -0.05) is 54.5 Å². The molecule has 0 fully saturated rings. The number of para-hydroxylation sites is 1. The first-order valence-electron chi connectivity index (χ1n) is 8.62. The summed E-state index contributed by atoms with van der Waals surface area (Å²) in [5.74, 6) is 0.0258. The Hall–Kier alpha value is -3.22. The highest BCUT2D eigenvalue weighted by Crippen LogP contribution is 2.20. The highest BCUT2D eigenvalue weighted by atomic mass is 19.1. The zero-order valence-corrected chi connectivity index (χ0v) is 15.1. The Bertz CT molecular complexity index is 898. The van der Waals surface area contributed by atoms with E-state index in [2.05, 4.69) is 10.1 Å². The first-order valence-corrected chi connectivity index (χ1v) is 8.62. The molecule has 0 unspecified atom stereocenters. The fourth-order valence-corrected chi connectivity index (χ4v) is 2.55. The second kappa shape index (κ2) is 8.44. The van der Waals surface area contributed by atoms with E-state index in [0.717, 1.165) is 5.56 Å². The summed E-state index contributed by atoms with van der Waals surface area (Å²) >= 11 is 0. The molecule has 0 radical (unpaired) electrons. The van der Waals surface area contributed by atoms with Crippen molar-refractivity contribution in [1.82, 2.24) is 15.0 Å². The number of likely N-dealkylation sites (N-methyl/N-ethyl adjacent to an activating group) is 1. The summed E-state index contributed by atoms with van der Waals surface area (Å²) in [6.45, 7) is 1.94. The van der Waals surface area contributed by atoms with E-state index in [0.29, 0.717) is 18.1 Å². The zero-order chi connectivity index (χ0) is 19.2. The molecular weight excluding hydrogens is 349 g/mol. The van der Waals surface area contributed by atoms with E-state index in [4.69, 9.17) is 9.26 Å². The Kier molecular flexibility index (Phi) is 5.80. The Balaban J connectivity index is 1.66. The van der Waals surface area contributed by atoms with E-state index in [1.165, 1.54) is 17.0 Å². The predicted octanol–water partition coefficient (Wildman–Crippen LogP) is 3.69. The minimum Gasteiger partial charge on any atom is -0.478 e. The molecule has 6 nitrogen and oxygen atoms in total. The van der Waals surface area contributed by atoms with Crippen molar-refractivity contribution in [2.75, 3.05) is 7.05 Å². The van der Waals surface area contributed by atoms with Gasteiger partial charge in [-0.05, 0) is 18.6 Å². The van der Waals surface area contributed by atoms with Crippen LogP contribution >= 0.6 is 0 Å². The van der Waals surface area contributed by atoms with Gasteiger partial charge in [-0.2, -0.15) is 4.98 Å².